The molecule has 0 spiro atoms. The zero-order valence-electron chi connectivity index (χ0n) is 19.7. The third-order valence-electron chi connectivity index (χ3n) is 5.74. The quantitative estimate of drug-likeness (QED) is 0.313. The number of aromatic nitrogens is 1. The van der Waals surface area contributed by atoms with Gasteiger partial charge in [-0.05, 0) is 72.5 Å². The van der Waals surface area contributed by atoms with E-state index in [0.717, 1.165) is 5.56 Å². The number of hydrogen-bond donors (Lipinski definition) is 1. The van der Waals surface area contributed by atoms with Gasteiger partial charge in [0, 0.05) is 23.6 Å². The van der Waals surface area contributed by atoms with E-state index in [2.05, 4.69) is 18.8 Å². The van der Waals surface area contributed by atoms with Gasteiger partial charge in [0.25, 0.3) is 11.7 Å². The molecule has 1 N–H and O–H groups in total. The van der Waals surface area contributed by atoms with Crippen LogP contribution in [0.25, 0.3) is 5.76 Å². The van der Waals surface area contributed by atoms with Crippen molar-refractivity contribution in [2.45, 2.75) is 26.8 Å². The summed E-state index contributed by atoms with van der Waals surface area (Å²) in [6, 6.07) is 16.2. The van der Waals surface area contributed by atoms with E-state index in [1.165, 1.54) is 4.90 Å². The van der Waals surface area contributed by atoms with Gasteiger partial charge in [0.2, 0.25) is 0 Å². The van der Waals surface area contributed by atoms with E-state index in [4.69, 9.17) is 10.00 Å². The van der Waals surface area contributed by atoms with Gasteiger partial charge in [-0.25, -0.2) is 0 Å². The highest BCUT2D eigenvalue weighted by atomic mass is 16.5. The fourth-order valence-corrected chi connectivity index (χ4v) is 4.02. The summed E-state index contributed by atoms with van der Waals surface area (Å²) in [6.45, 7) is 6.53. The van der Waals surface area contributed by atoms with E-state index in [9.17, 15) is 14.7 Å². The van der Waals surface area contributed by atoms with Gasteiger partial charge in [-0.1, -0.05) is 19.9 Å². The second-order valence-electron chi connectivity index (χ2n) is 8.80. The lowest BCUT2D eigenvalue weighted by Gasteiger charge is -2.25. The lowest BCUT2D eigenvalue weighted by molar-refractivity contribution is -0.132. The monoisotopic (exact) mass is 467 g/mol. The minimum absolute atomic E-state index is 0.0254. The van der Waals surface area contributed by atoms with E-state index < -0.39 is 17.7 Å². The van der Waals surface area contributed by atoms with E-state index in [0.29, 0.717) is 40.7 Å². The summed E-state index contributed by atoms with van der Waals surface area (Å²) in [7, 11) is 0. The van der Waals surface area contributed by atoms with Gasteiger partial charge in [0.15, 0.2) is 0 Å². The SMILES string of the molecule is Cc1cc(/C(O)=C2/C(=O)C(=O)N(c3ccc(C#N)cc3)C2c2cccnc2)ccc1OCC(C)C. The molecule has 1 unspecified atom stereocenters. The Morgan fingerprint density at radius 3 is 2.51 bits per heavy atom. The molecule has 0 saturated carbocycles. The lowest BCUT2D eigenvalue weighted by Crippen LogP contribution is -2.29. The molecule has 0 aliphatic carbocycles. The summed E-state index contributed by atoms with van der Waals surface area (Å²) < 4.78 is 5.82. The number of pyridine rings is 1. The first-order valence-electron chi connectivity index (χ1n) is 11.3. The molecule has 7 heteroatoms. The molecule has 3 aromatic rings. The van der Waals surface area contributed by atoms with E-state index in [1.54, 1.807) is 67.0 Å². The number of ketones is 1. The first-order chi connectivity index (χ1) is 16.8. The van der Waals surface area contributed by atoms with Crippen LogP contribution in [-0.2, 0) is 9.59 Å². The highest BCUT2D eigenvalue weighted by Crippen LogP contribution is 2.42. The second kappa shape index (κ2) is 9.82. The number of amides is 1. The second-order valence-corrected chi connectivity index (χ2v) is 8.80. The van der Waals surface area contributed by atoms with Crippen LogP contribution in [0.4, 0.5) is 5.69 Å². The largest absolute Gasteiger partial charge is 0.507 e. The zero-order chi connectivity index (χ0) is 25.1. The van der Waals surface area contributed by atoms with Gasteiger partial charge in [-0.3, -0.25) is 19.5 Å². The van der Waals surface area contributed by atoms with Crippen molar-refractivity contribution >= 4 is 23.1 Å². The van der Waals surface area contributed by atoms with Crippen LogP contribution in [0, 0.1) is 24.2 Å². The first kappa shape index (κ1) is 23.7. The molecule has 1 aromatic heterocycles. The molecule has 4 rings (SSSR count). The Morgan fingerprint density at radius 2 is 1.91 bits per heavy atom. The van der Waals surface area contributed by atoms with Crippen LogP contribution < -0.4 is 9.64 Å². The fourth-order valence-electron chi connectivity index (χ4n) is 4.02. The minimum Gasteiger partial charge on any atom is -0.507 e. The van der Waals surface area contributed by atoms with Crippen molar-refractivity contribution in [3.8, 4) is 11.8 Å². The van der Waals surface area contributed by atoms with Crippen LogP contribution in [0.1, 0.15) is 42.1 Å². The number of carbonyl (C=O) groups excluding carboxylic acids is 2. The smallest absolute Gasteiger partial charge is 0.300 e. The number of aliphatic hydroxyl groups is 1. The Kier molecular flexibility index (Phi) is 6.65. The molecule has 1 atom stereocenters. The fraction of sp³-hybridized carbons (Fsp3) is 0.214. The summed E-state index contributed by atoms with van der Waals surface area (Å²) >= 11 is 0. The van der Waals surface area contributed by atoms with E-state index in [1.807, 2.05) is 13.0 Å². The molecule has 2 heterocycles. The van der Waals surface area contributed by atoms with Gasteiger partial charge in [0.05, 0.1) is 29.9 Å². The number of benzene rings is 2. The van der Waals surface area contributed by atoms with Crippen molar-refractivity contribution in [2.24, 2.45) is 5.92 Å². The normalized spacial score (nSPS) is 17.0. The number of Topliss-reactive ketones (excluding diaryl/α,β-unsaturated/α-hetero) is 1. The van der Waals surface area contributed by atoms with Crippen molar-refractivity contribution in [3.05, 3.63) is 94.8 Å². The maximum Gasteiger partial charge on any atom is 0.300 e. The van der Waals surface area contributed by atoms with Crippen molar-refractivity contribution in [1.29, 1.82) is 5.26 Å². The summed E-state index contributed by atoms with van der Waals surface area (Å²) in [6.07, 6.45) is 3.16. The number of carbonyl (C=O) groups is 2. The molecule has 1 fully saturated rings. The van der Waals surface area contributed by atoms with E-state index >= 15 is 0 Å². The van der Waals surface area contributed by atoms with Crippen molar-refractivity contribution in [2.75, 3.05) is 11.5 Å². The lowest BCUT2D eigenvalue weighted by atomic mass is 9.95. The Balaban J connectivity index is 1.83. The van der Waals surface area contributed by atoms with Crippen molar-refractivity contribution in [1.82, 2.24) is 4.98 Å². The summed E-state index contributed by atoms with van der Waals surface area (Å²) in [4.78, 5) is 31.9. The van der Waals surface area contributed by atoms with Crippen LogP contribution in [0.5, 0.6) is 5.75 Å². The van der Waals surface area contributed by atoms with Gasteiger partial charge in [-0.15, -0.1) is 0 Å². The number of aryl methyl sites for hydroxylation is 1. The number of ether oxygens (including phenoxy) is 1. The maximum absolute atomic E-state index is 13.2. The Hall–Kier alpha value is -4.44. The molecular weight excluding hydrogens is 442 g/mol. The number of nitriles is 1. The van der Waals surface area contributed by atoms with Gasteiger partial charge < -0.3 is 9.84 Å². The third kappa shape index (κ3) is 4.64. The number of anilines is 1. The standard InChI is InChI=1S/C28H25N3O4/c1-17(2)16-35-23-11-8-20(13-18(23)3)26(32)24-25(21-5-4-12-30-15-21)31(28(34)27(24)33)22-9-6-19(14-29)7-10-22/h4-13,15,17,25,32H,16H2,1-3H3/b26-24-. The Labute approximate surface area is 203 Å². The topological polar surface area (TPSA) is 104 Å². The van der Waals surface area contributed by atoms with Crippen LogP contribution >= 0.6 is 0 Å². The zero-order valence-corrected chi connectivity index (χ0v) is 19.7. The maximum atomic E-state index is 13.2. The molecule has 0 bridgehead atoms. The molecular formula is C28H25N3O4. The van der Waals surface area contributed by atoms with Crippen LogP contribution in [0.3, 0.4) is 0 Å². The average molecular weight is 468 g/mol. The number of nitrogens with zero attached hydrogens (tertiary/aromatic N) is 3. The first-order valence-corrected chi connectivity index (χ1v) is 11.3. The Bertz CT molecular complexity index is 1340. The molecule has 1 amide bonds. The Morgan fingerprint density at radius 1 is 1.17 bits per heavy atom. The molecule has 1 aliphatic heterocycles. The molecule has 1 saturated heterocycles. The van der Waals surface area contributed by atoms with Crippen molar-refractivity contribution < 1.29 is 19.4 Å². The van der Waals surface area contributed by atoms with Gasteiger partial charge in [0.1, 0.15) is 11.5 Å². The molecule has 7 nitrogen and oxygen atoms in total. The number of aliphatic hydroxyl groups excluding tert-OH is 1. The van der Waals surface area contributed by atoms with E-state index in [-0.39, 0.29) is 11.3 Å². The molecule has 176 valence electrons. The number of rotatable bonds is 6. The minimum atomic E-state index is -0.881. The molecule has 35 heavy (non-hydrogen) atoms. The molecule has 0 radical (unpaired) electrons. The summed E-state index contributed by atoms with van der Waals surface area (Å²) in [5.41, 5.74) is 2.63. The predicted molar refractivity (Wildman–Crippen MR) is 132 cm³/mol. The highest BCUT2D eigenvalue weighted by Gasteiger charge is 2.47. The van der Waals surface area contributed by atoms with Crippen LogP contribution in [-0.4, -0.2) is 28.4 Å². The number of hydrogen-bond acceptors (Lipinski definition) is 6. The average Bonchev–Trinajstić information content (AvgIpc) is 3.13. The van der Waals surface area contributed by atoms with Crippen LogP contribution in [0.2, 0.25) is 0 Å². The highest BCUT2D eigenvalue weighted by molar-refractivity contribution is 6.51. The molecule has 2 aromatic carbocycles. The summed E-state index contributed by atoms with van der Waals surface area (Å²) in [5, 5.41) is 20.4. The van der Waals surface area contributed by atoms with Gasteiger partial charge >= 0.3 is 0 Å². The summed E-state index contributed by atoms with van der Waals surface area (Å²) in [5.74, 6) is -0.777. The third-order valence-corrected chi connectivity index (χ3v) is 5.74. The molecule has 1 aliphatic rings. The van der Waals surface area contributed by atoms with Crippen molar-refractivity contribution in [3.63, 3.8) is 0 Å². The van der Waals surface area contributed by atoms with Crippen LogP contribution in [0.15, 0.2) is 72.6 Å². The van der Waals surface area contributed by atoms with Gasteiger partial charge in [-0.2, -0.15) is 5.26 Å². The predicted octanol–water partition coefficient (Wildman–Crippen LogP) is 4.92.